The smallest absolute Gasteiger partial charge is 0.263 e. The maximum absolute atomic E-state index is 12.9. The fourth-order valence-corrected chi connectivity index (χ4v) is 4.12. The van der Waals surface area contributed by atoms with Gasteiger partial charge in [-0.05, 0) is 50.1 Å². The molecule has 1 saturated heterocycles. The number of hydrogen-bond donors (Lipinski definition) is 0. The van der Waals surface area contributed by atoms with Gasteiger partial charge in [-0.15, -0.1) is 11.8 Å². The van der Waals surface area contributed by atoms with Crippen molar-refractivity contribution in [2.24, 2.45) is 0 Å². The summed E-state index contributed by atoms with van der Waals surface area (Å²) in [6.45, 7) is 3.85. The summed E-state index contributed by atoms with van der Waals surface area (Å²) >= 11 is 1.68. The molecule has 1 aliphatic heterocycles. The lowest BCUT2D eigenvalue weighted by Crippen LogP contribution is -2.50. The van der Waals surface area contributed by atoms with Crippen LogP contribution in [0.1, 0.15) is 18.5 Å². The summed E-state index contributed by atoms with van der Waals surface area (Å²) in [7, 11) is 3.93. The van der Waals surface area contributed by atoms with Crippen LogP contribution in [0.25, 0.3) is 0 Å². The van der Waals surface area contributed by atoms with Crippen molar-refractivity contribution >= 4 is 17.7 Å². The molecule has 1 fully saturated rings. The van der Waals surface area contributed by atoms with E-state index >= 15 is 0 Å². The van der Waals surface area contributed by atoms with Crippen LogP contribution in [0.15, 0.2) is 59.5 Å². The second-order valence-electron chi connectivity index (χ2n) is 7.40. The molecule has 2 aromatic rings. The molecule has 0 N–H and O–H groups in total. The lowest BCUT2D eigenvalue weighted by molar-refractivity contribution is -0.141. The highest BCUT2D eigenvalue weighted by Gasteiger charge is 2.33. The third-order valence-electron chi connectivity index (χ3n) is 5.29. The Bertz CT molecular complexity index is 784. The number of benzene rings is 2. The molecule has 0 aliphatic carbocycles. The lowest BCUT2D eigenvalue weighted by atomic mass is 9.98. The maximum Gasteiger partial charge on any atom is 0.263 e. The largest absolute Gasteiger partial charge is 0.481 e. The lowest BCUT2D eigenvalue weighted by Gasteiger charge is -2.41. The molecule has 1 aliphatic rings. The summed E-state index contributed by atoms with van der Waals surface area (Å²) in [6, 6.07) is 18.3. The molecule has 0 bridgehead atoms. The third-order valence-corrected chi connectivity index (χ3v) is 6.04. The number of rotatable bonds is 7. The van der Waals surface area contributed by atoms with Gasteiger partial charge in [0.2, 0.25) is 0 Å². The average molecular weight is 415 g/mol. The summed E-state index contributed by atoms with van der Waals surface area (Å²) in [6.07, 6.45) is 1.39. The summed E-state index contributed by atoms with van der Waals surface area (Å²) in [5.41, 5.74) is 1.21. The van der Waals surface area contributed by atoms with Gasteiger partial charge in [-0.25, -0.2) is 0 Å². The van der Waals surface area contributed by atoms with Gasteiger partial charge in [0.15, 0.2) is 6.10 Å². The Morgan fingerprint density at radius 2 is 1.93 bits per heavy atom. The molecule has 1 amide bonds. The van der Waals surface area contributed by atoms with Gasteiger partial charge >= 0.3 is 0 Å². The van der Waals surface area contributed by atoms with Crippen LogP contribution < -0.4 is 4.74 Å². The molecule has 0 saturated carbocycles. The molecule has 29 heavy (non-hydrogen) atoms. The van der Waals surface area contributed by atoms with Crippen molar-refractivity contribution in [2.45, 2.75) is 30.1 Å². The van der Waals surface area contributed by atoms with Gasteiger partial charge in [0.25, 0.3) is 5.91 Å². The van der Waals surface area contributed by atoms with Crippen LogP contribution in [-0.4, -0.2) is 68.0 Å². The molecule has 3 rings (SSSR count). The van der Waals surface area contributed by atoms with E-state index in [2.05, 4.69) is 24.1 Å². The van der Waals surface area contributed by atoms with Crippen molar-refractivity contribution in [1.29, 1.82) is 0 Å². The Balaban J connectivity index is 1.63. The molecule has 1 heterocycles. The van der Waals surface area contributed by atoms with E-state index in [1.54, 1.807) is 23.6 Å². The molecule has 6 heteroatoms. The van der Waals surface area contributed by atoms with E-state index in [1.165, 1.54) is 10.5 Å². The Morgan fingerprint density at radius 1 is 1.24 bits per heavy atom. The molecule has 2 aromatic carbocycles. The molecule has 0 radical (unpaired) electrons. The SMILES string of the molecule is CSc1ccc(OC(C)C(=O)N(C)C[C@@H]2OCCN(C)[C@H]2c2ccccc2)cc1. The molecular weight excluding hydrogens is 384 g/mol. The predicted molar refractivity (Wildman–Crippen MR) is 118 cm³/mol. The van der Waals surface area contributed by atoms with Crippen LogP contribution in [0, 0.1) is 0 Å². The standard InChI is InChI=1S/C23H30N2O3S/c1-17(28-19-10-12-20(29-4)13-11-19)23(26)25(3)16-21-22(24(2)14-15-27-21)18-8-6-5-7-9-18/h5-13,17,21-22H,14-16H2,1-4H3/t17?,21-,22-/m0/s1. The van der Waals surface area contributed by atoms with Gasteiger partial charge in [0.1, 0.15) is 5.75 Å². The van der Waals surface area contributed by atoms with E-state index in [-0.39, 0.29) is 18.1 Å². The third kappa shape index (κ3) is 5.53. The van der Waals surface area contributed by atoms with Crippen LogP contribution in [0.5, 0.6) is 5.75 Å². The van der Waals surface area contributed by atoms with Gasteiger partial charge in [-0.1, -0.05) is 30.3 Å². The summed E-state index contributed by atoms with van der Waals surface area (Å²) in [5.74, 6) is 0.649. The first-order chi connectivity index (χ1) is 14.0. The van der Waals surface area contributed by atoms with Gasteiger partial charge in [0.05, 0.1) is 18.8 Å². The monoisotopic (exact) mass is 414 g/mol. The van der Waals surface area contributed by atoms with Gasteiger partial charge in [-0.3, -0.25) is 9.69 Å². The van der Waals surface area contributed by atoms with Crippen molar-refractivity contribution in [1.82, 2.24) is 9.80 Å². The zero-order valence-electron chi connectivity index (χ0n) is 17.6. The van der Waals surface area contributed by atoms with Crippen LogP contribution in [0.2, 0.25) is 0 Å². The number of carbonyl (C=O) groups is 1. The number of hydrogen-bond acceptors (Lipinski definition) is 5. The van der Waals surface area contributed by atoms with Crippen LogP contribution >= 0.6 is 11.8 Å². The second kappa shape index (κ2) is 10.1. The van der Waals surface area contributed by atoms with E-state index in [0.717, 1.165) is 6.54 Å². The van der Waals surface area contributed by atoms with E-state index < -0.39 is 6.10 Å². The van der Waals surface area contributed by atoms with E-state index in [1.807, 2.05) is 55.8 Å². The van der Waals surface area contributed by atoms with Gasteiger partial charge in [-0.2, -0.15) is 0 Å². The van der Waals surface area contributed by atoms with E-state index in [0.29, 0.717) is 18.9 Å². The zero-order chi connectivity index (χ0) is 20.8. The molecule has 0 aromatic heterocycles. The molecule has 3 atom stereocenters. The highest BCUT2D eigenvalue weighted by molar-refractivity contribution is 7.98. The molecule has 5 nitrogen and oxygen atoms in total. The molecule has 1 unspecified atom stereocenters. The number of ether oxygens (including phenoxy) is 2. The number of carbonyl (C=O) groups excluding carboxylic acids is 1. The van der Waals surface area contributed by atoms with Crippen molar-refractivity contribution in [3.05, 3.63) is 60.2 Å². The van der Waals surface area contributed by atoms with Crippen molar-refractivity contribution < 1.29 is 14.3 Å². The highest BCUT2D eigenvalue weighted by Crippen LogP contribution is 2.29. The number of morpholine rings is 1. The fraction of sp³-hybridized carbons (Fsp3) is 0.435. The minimum atomic E-state index is -0.559. The van der Waals surface area contributed by atoms with Crippen molar-refractivity contribution in [2.75, 3.05) is 40.0 Å². The van der Waals surface area contributed by atoms with Crippen LogP contribution in [0.3, 0.4) is 0 Å². The minimum absolute atomic E-state index is 0.0532. The number of amides is 1. The van der Waals surface area contributed by atoms with Gasteiger partial charge < -0.3 is 14.4 Å². The topological polar surface area (TPSA) is 42.0 Å². The summed E-state index contributed by atoms with van der Waals surface area (Å²) < 4.78 is 11.9. The summed E-state index contributed by atoms with van der Waals surface area (Å²) in [5, 5.41) is 0. The van der Waals surface area contributed by atoms with Crippen molar-refractivity contribution in [3.63, 3.8) is 0 Å². The molecular formula is C23H30N2O3S. The predicted octanol–water partition coefficient (Wildman–Crippen LogP) is 3.71. The Labute approximate surface area is 178 Å². The fourth-order valence-electron chi connectivity index (χ4n) is 3.71. The average Bonchev–Trinajstić information content (AvgIpc) is 2.74. The molecule has 0 spiro atoms. The summed E-state index contributed by atoms with van der Waals surface area (Å²) in [4.78, 5) is 18.1. The quantitative estimate of drug-likeness (QED) is 0.646. The first-order valence-corrected chi connectivity index (χ1v) is 11.1. The van der Waals surface area contributed by atoms with Crippen LogP contribution in [-0.2, 0) is 9.53 Å². The molecule has 156 valence electrons. The zero-order valence-corrected chi connectivity index (χ0v) is 18.4. The number of thioether (sulfide) groups is 1. The second-order valence-corrected chi connectivity index (χ2v) is 8.28. The van der Waals surface area contributed by atoms with Crippen molar-refractivity contribution in [3.8, 4) is 5.75 Å². The Morgan fingerprint density at radius 3 is 2.59 bits per heavy atom. The first kappa shape index (κ1) is 21.7. The van der Waals surface area contributed by atoms with Gasteiger partial charge in [0, 0.05) is 25.0 Å². The van der Waals surface area contributed by atoms with E-state index in [9.17, 15) is 4.79 Å². The Kier molecular flexibility index (Phi) is 7.58. The highest BCUT2D eigenvalue weighted by atomic mass is 32.2. The number of nitrogens with zero attached hydrogens (tertiary/aromatic N) is 2. The van der Waals surface area contributed by atoms with Crippen LogP contribution in [0.4, 0.5) is 0 Å². The minimum Gasteiger partial charge on any atom is -0.481 e. The normalized spacial score (nSPS) is 20.8. The first-order valence-electron chi connectivity index (χ1n) is 9.92. The Hall–Kier alpha value is -2.02. The number of likely N-dealkylation sites (N-methyl/N-ethyl adjacent to an activating group) is 2. The maximum atomic E-state index is 12.9. The van der Waals surface area contributed by atoms with E-state index in [4.69, 9.17) is 9.47 Å².